The van der Waals surface area contributed by atoms with E-state index in [1.807, 2.05) is 0 Å². The zero-order valence-corrected chi connectivity index (χ0v) is 11.4. The molecule has 2 nitrogen and oxygen atoms in total. The summed E-state index contributed by atoms with van der Waals surface area (Å²) < 4.78 is 11.1. The first-order chi connectivity index (χ1) is 7.49. The zero-order chi connectivity index (χ0) is 12.2. The smallest absolute Gasteiger partial charge is 0.0994 e. The molecule has 0 aromatic heterocycles. The van der Waals surface area contributed by atoms with E-state index in [1.54, 1.807) is 14.2 Å². The largest absolute Gasteiger partial charge is 0.501 e. The lowest BCUT2D eigenvalue weighted by molar-refractivity contribution is 0.0838. The van der Waals surface area contributed by atoms with Crippen LogP contribution in [-0.2, 0) is 9.47 Å². The van der Waals surface area contributed by atoms with Crippen LogP contribution in [-0.4, -0.2) is 20.3 Å². The van der Waals surface area contributed by atoms with Gasteiger partial charge in [-0.3, -0.25) is 0 Å². The second-order valence-corrected chi connectivity index (χ2v) is 5.73. The summed E-state index contributed by atoms with van der Waals surface area (Å²) in [6, 6.07) is 0. The first-order valence-corrected chi connectivity index (χ1v) is 6.28. The van der Waals surface area contributed by atoms with Crippen molar-refractivity contribution in [2.75, 3.05) is 14.2 Å². The van der Waals surface area contributed by atoms with Gasteiger partial charge < -0.3 is 9.47 Å². The topological polar surface area (TPSA) is 18.5 Å². The second kappa shape index (κ2) is 5.72. The van der Waals surface area contributed by atoms with Crippen molar-refractivity contribution in [3.05, 3.63) is 11.8 Å². The van der Waals surface area contributed by atoms with Crippen molar-refractivity contribution >= 4 is 0 Å². The predicted octanol–water partition coefficient (Wildman–Crippen LogP) is 3.77. The molecule has 1 atom stereocenters. The van der Waals surface area contributed by atoms with Crippen molar-refractivity contribution in [1.29, 1.82) is 0 Å². The predicted molar refractivity (Wildman–Crippen MR) is 67.3 cm³/mol. The lowest BCUT2D eigenvalue weighted by Crippen LogP contribution is -2.21. The van der Waals surface area contributed by atoms with Crippen molar-refractivity contribution in [3.63, 3.8) is 0 Å². The highest BCUT2D eigenvalue weighted by molar-refractivity contribution is 5.07. The second-order valence-electron chi connectivity index (χ2n) is 5.73. The van der Waals surface area contributed by atoms with Gasteiger partial charge in [0.05, 0.1) is 19.0 Å². The Morgan fingerprint density at radius 2 is 1.75 bits per heavy atom. The normalized spacial score (nSPS) is 21.2. The third-order valence-corrected chi connectivity index (χ3v) is 3.41. The van der Waals surface area contributed by atoms with E-state index in [4.69, 9.17) is 9.47 Å². The van der Waals surface area contributed by atoms with Crippen LogP contribution < -0.4 is 0 Å². The first kappa shape index (κ1) is 13.6. The molecule has 0 saturated heterocycles. The molecule has 1 fully saturated rings. The highest BCUT2D eigenvalue weighted by Gasteiger charge is 2.26. The minimum atomic E-state index is 0.0597. The monoisotopic (exact) mass is 226 g/mol. The number of rotatable bonds is 4. The molecule has 1 rings (SSSR count). The summed E-state index contributed by atoms with van der Waals surface area (Å²) in [6.07, 6.45) is 7.66. The average Bonchev–Trinajstić information content (AvgIpc) is 2.70. The van der Waals surface area contributed by atoms with Crippen LogP contribution in [0.1, 0.15) is 46.5 Å². The summed E-state index contributed by atoms with van der Waals surface area (Å²) in [5, 5.41) is 0. The van der Waals surface area contributed by atoms with Gasteiger partial charge in [0, 0.05) is 12.5 Å². The van der Waals surface area contributed by atoms with Crippen LogP contribution in [0.25, 0.3) is 0 Å². The van der Waals surface area contributed by atoms with Gasteiger partial charge in [-0.1, -0.05) is 33.6 Å². The van der Waals surface area contributed by atoms with Gasteiger partial charge in [0.25, 0.3) is 0 Å². The Morgan fingerprint density at radius 1 is 1.19 bits per heavy atom. The maximum Gasteiger partial charge on any atom is 0.0994 e. The lowest BCUT2D eigenvalue weighted by Gasteiger charge is -2.25. The summed E-state index contributed by atoms with van der Waals surface area (Å²) in [4.78, 5) is 0. The van der Waals surface area contributed by atoms with Gasteiger partial charge in [-0.05, 0) is 24.8 Å². The first-order valence-electron chi connectivity index (χ1n) is 6.28. The minimum Gasteiger partial charge on any atom is -0.501 e. The summed E-state index contributed by atoms with van der Waals surface area (Å²) >= 11 is 0. The Kier molecular flexibility index (Phi) is 4.85. The van der Waals surface area contributed by atoms with E-state index in [1.165, 1.54) is 25.7 Å². The van der Waals surface area contributed by atoms with E-state index in [0.717, 1.165) is 5.76 Å². The fraction of sp³-hybridized carbons (Fsp3) is 0.857. The number of hydrogen-bond acceptors (Lipinski definition) is 2. The maximum atomic E-state index is 5.61. The standard InChI is InChI=1S/C14H26O2/c1-14(2,3)13(16-5)10-12(15-4)11-8-6-7-9-11/h10-12H,6-9H2,1-5H3/b13-10-. The molecule has 0 aromatic carbocycles. The van der Waals surface area contributed by atoms with Crippen LogP contribution in [0.3, 0.4) is 0 Å². The van der Waals surface area contributed by atoms with E-state index >= 15 is 0 Å². The van der Waals surface area contributed by atoms with Crippen molar-refractivity contribution in [2.45, 2.75) is 52.6 Å². The summed E-state index contributed by atoms with van der Waals surface area (Å²) in [5.41, 5.74) is 0.0597. The molecular formula is C14H26O2. The molecule has 0 heterocycles. The SMILES string of the molecule is CO/C(=C\C(OC)C1CCCC1)C(C)(C)C. The molecule has 1 aliphatic carbocycles. The van der Waals surface area contributed by atoms with E-state index in [2.05, 4.69) is 26.8 Å². The fourth-order valence-corrected chi connectivity index (χ4v) is 2.46. The Labute approximate surface area is 100 Å². The number of allylic oxidation sites excluding steroid dienone is 1. The van der Waals surface area contributed by atoms with Gasteiger partial charge in [0.1, 0.15) is 0 Å². The van der Waals surface area contributed by atoms with Crippen LogP contribution in [0.5, 0.6) is 0 Å². The molecule has 0 spiro atoms. The molecule has 0 radical (unpaired) electrons. The summed E-state index contributed by atoms with van der Waals surface area (Å²) in [6.45, 7) is 6.51. The van der Waals surface area contributed by atoms with Crippen LogP contribution in [0.2, 0.25) is 0 Å². The number of hydrogen-bond donors (Lipinski definition) is 0. The van der Waals surface area contributed by atoms with Crippen molar-refractivity contribution < 1.29 is 9.47 Å². The molecule has 1 saturated carbocycles. The summed E-state index contributed by atoms with van der Waals surface area (Å²) in [5.74, 6) is 1.71. The third-order valence-electron chi connectivity index (χ3n) is 3.41. The molecule has 0 aliphatic heterocycles. The molecule has 2 heteroatoms. The van der Waals surface area contributed by atoms with E-state index in [-0.39, 0.29) is 11.5 Å². The van der Waals surface area contributed by atoms with E-state index in [0.29, 0.717) is 5.92 Å². The quantitative estimate of drug-likeness (QED) is 0.679. The summed E-state index contributed by atoms with van der Waals surface area (Å²) in [7, 11) is 3.55. The van der Waals surface area contributed by atoms with Gasteiger partial charge in [-0.15, -0.1) is 0 Å². The fourth-order valence-electron chi connectivity index (χ4n) is 2.46. The van der Waals surface area contributed by atoms with Crippen molar-refractivity contribution in [3.8, 4) is 0 Å². The molecule has 0 N–H and O–H groups in total. The maximum absolute atomic E-state index is 5.61. The third kappa shape index (κ3) is 3.51. The molecule has 0 bridgehead atoms. The highest BCUT2D eigenvalue weighted by Crippen LogP contribution is 2.33. The molecular weight excluding hydrogens is 200 g/mol. The zero-order valence-electron chi connectivity index (χ0n) is 11.4. The molecule has 0 aromatic rings. The van der Waals surface area contributed by atoms with Gasteiger partial charge in [0.15, 0.2) is 0 Å². The van der Waals surface area contributed by atoms with Gasteiger partial charge in [-0.2, -0.15) is 0 Å². The molecule has 1 unspecified atom stereocenters. The van der Waals surface area contributed by atoms with Crippen LogP contribution in [0.4, 0.5) is 0 Å². The van der Waals surface area contributed by atoms with Crippen LogP contribution in [0, 0.1) is 11.3 Å². The average molecular weight is 226 g/mol. The van der Waals surface area contributed by atoms with E-state index in [9.17, 15) is 0 Å². The molecule has 16 heavy (non-hydrogen) atoms. The van der Waals surface area contributed by atoms with Crippen LogP contribution in [0.15, 0.2) is 11.8 Å². The highest BCUT2D eigenvalue weighted by atomic mass is 16.5. The number of methoxy groups -OCH3 is 2. The Morgan fingerprint density at radius 3 is 2.12 bits per heavy atom. The van der Waals surface area contributed by atoms with E-state index < -0.39 is 0 Å². The van der Waals surface area contributed by atoms with Crippen molar-refractivity contribution in [2.24, 2.45) is 11.3 Å². The van der Waals surface area contributed by atoms with Gasteiger partial charge in [0.2, 0.25) is 0 Å². The Bertz CT molecular complexity index is 232. The molecule has 94 valence electrons. The lowest BCUT2D eigenvalue weighted by atomic mass is 9.90. The Balaban J connectivity index is 2.75. The Hall–Kier alpha value is -0.500. The molecule has 0 amide bonds. The van der Waals surface area contributed by atoms with Crippen molar-refractivity contribution in [1.82, 2.24) is 0 Å². The van der Waals surface area contributed by atoms with Crippen LogP contribution >= 0.6 is 0 Å². The minimum absolute atomic E-state index is 0.0597. The number of ether oxygens (including phenoxy) is 2. The van der Waals surface area contributed by atoms with Gasteiger partial charge in [-0.25, -0.2) is 0 Å². The van der Waals surface area contributed by atoms with Gasteiger partial charge >= 0.3 is 0 Å². The molecule has 1 aliphatic rings.